The Morgan fingerprint density at radius 2 is 1.90 bits per heavy atom. The molecule has 3 rings (SSSR count). The second-order valence-corrected chi connectivity index (χ2v) is 5.42. The number of aryl methyl sites for hydroxylation is 1. The number of hydrogen-bond donors (Lipinski definition) is 2. The van der Waals surface area contributed by atoms with Crippen molar-refractivity contribution in [1.29, 1.82) is 0 Å². The van der Waals surface area contributed by atoms with Crippen LogP contribution in [0.25, 0.3) is 11.4 Å². The van der Waals surface area contributed by atoms with E-state index >= 15 is 0 Å². The van der Waals surface area contributed by atoms with Crippen molar-refractivity contribution < 1.29 is 0 Å². The molecule has 3 aromatic rings. The molecule has 2 aromatic carbocycles. The second-order valence-electron chi connectivity index (χ2n) is 4.98. The van der Waals surface area contributed by atoms with Crippen LogP contribution in [-0.4, -0.2) is 15.2 Å². The molecule has 0 radical (unpaired) electrons. The molecule has 1 heterocycles. The topological polar surface area (TPSA) is 67.6 Å². The van der Waals surface area contributed by atoms with Crippen molar-refractivity contribution in [2.45, 2.75) is 13.3 Å². The summed E-state index contributed by atoms with van der Waals surface area (Å²) in [5.74, 6) is 1.47. The van der Waals surface area contributed by atoms with Crippen LogP contribution < -0.4 is 5.73 Å². The molecule has 0 aliphatic carbocycles. The number of nitrogens with zero attached hydrogens (tertiary/aromatic N) is 2. The molecular weight excluding hydrogens is 284 g/mol. The minimum Gasteiger partial charge on any atom is -0.398 e. The maximum absolute atomic E-state index is 5.92. The lowest BCUT2D eigenvalue weighted by Crippen LogP contribution is -1.91. The molecule has 0 spiro atoms. The van der Waals surface area contributed by atoms with Crippen LogP contribution in [0.1, 0.15) is 17.0 Å². The van der Waals surface area contributed by atoms with Crippen molar-refractivity contribution in [3.63, 3.8) is 0 Å². The van der Waals surface area contributed by atoms with Crippen LogP contribution in [0, 0.1) is 6.92 Å². The number of hydrogen-bond acceptors (Lipinski definition) is 3. The van der Waals surface area contributed by atoms with E-state index in [9.17, 15) is 0 Å². The lowest BCUT2D eigenvalue weighted by Gasteiger charge is -2.01. The highest BCUT2D eigenvalue weighted by Gasteiger charge is 2.08. The van der Waals surface area contributed by atoms with Gasteiger partial charge in [-0.3, -0.25) is 5.10 Å². The van der Waals surface area contributed by atoms with Crippen molar-refractivity contribution in [3.05, 3.63) is 64.4 Å². The Hall–Kier alpha value is -2.33. The molecule has 0 saturated heterocycles. The molecule has 0 atom stereocenters. The third-order valence-corrected chi connectivity index (χ3v) is 3.61. The number of nitrogens with two attached hydrogens (primary N) is 1. The lowest BCUT2D eigenvalue weighted by molar-refractivity contribution is 0.973. The summed E-state index contributed by atoms with van der Waals surface area (Å²) < 4.78 is 0. The van der Waals surface area contributed by atoms with Gasteiger partial charge in [-0.05, 0) is 36.2 Å². The fraction of sp³-hybridized carbons (Fsp3) is 0.125. The van der Waals surface area contributed by atoms with Crippen molar-refractivity contribution in [3.8, 4) is 11.4 Å². The molecular formula is C16H15ClN4. The summed E-state index contributed by atoms with van der Waals surface area (Å²) in [5.41, 5.74) is 9.77. The van der Waals surface area contributed by atoms with Gasteiger partial charge < -0.3 is 5.73 Å². The van der Waals surface area contributed by atoms with Gasteiger partial charge in [0, 0.05) is 22.7 Å². The van der Waals surface area contributed by atoms with Crippen LogP contribution >= 0.6 is 11.6 Å². The summed E-state index contributed by atoms with van der Waals surface area (Å²) in [6.07, 6.45) is 0.686. The monoisotopic (exact) mass is 298 g/mol. The van der Waals surface area contributed by atoms with Gasteiger partial charge in [0.05, 0.1) is 0 Å². The van der Waals surface area contributed by atoms with E-state index in [1.165, 1.54) is 0 Å². The number of anilines is 1. The number of H-pyrrole nitrogens is 1. The number of nitrogen functional groups attached to an aromatic ring is 1. The summed E-state index contributed by atoms with van der Waals surface area (Å²) in [7, 11) is 0. The van der Waals surface area contributed by atoms with Gasteiger partial charge in [-0.2, -0.15) is 5.10 Å². The smallest absolute Gasteiger partial charge is 0.181 e. The van der Waals surface area contributed by atoms with E-state index in [2.05, 4.69) is 15.2 Å². The Morgan fingerprint density at radius 3 is 2.62 bits per heavy atom. The molecule has 4 nitrogen and oxygen atoms in total. The van der Waals surface area contributed by atoms with Gasteiger partial charge in [0.25, 0.3) is 0 Å². The first-order valence-electron chi connectivity index (χ1n) is 6.64. The largest absolute Gasteiger partial charge is 0.398 e. The summed E-state index contributed by atoms with van der Waals surface area (Å²) in [5, 5.41) is 7.95. The average Bonchev–Trinajstić information content (AvgIpc) is 2.93. The van der Waals surface area contributed by atoms with Gasteiger partial charge in [-0.15, -0.1) is 0 Å². The number of halogens is 1. The zero-order chi connectivity index (χ0) is 14.8. The number of benzene rings is 2. The van der Waals surface area contributed by atoms with Gasteiger partial charge in [0.2, 0.25) is 0 Å². The fourth-order valence-electron chi connectivity index (χ4n) is 2.08. The maximum atomic E-state index is 5.92. The van der Waals surface area contributed by atoms with Gasteiger partial charge in [0.1, 0.15) is 5.82 Å². The molecule has 0 bridgehead atoms. The number of aromatic amines is 1. The summed E-state index contributed by atoms with van der Waals surface area (Å²) >= 11 is 5.88. The molecule has 0 fully saturated rings. The Balaban J connectivity index is 1.82. The second kappa shape index (κ2) is 5.58. The van der Waals surface area contributed by atoms with Crippen LogP contribution in [0.2, 0.25) is 5.02 Å². The summed E-state index contributed by atoms with van der Waals surface area (Å²) in [6, 6.07) is 13.5. The Bertz CT molecular complexity index is 762. The van der Waals surface area contributed by atoms with E-state index in [0.717, 1.165) is 33.2 Å². The van der Waals surface area contributed by atoms with E-state index < -0.39 is 0 Å². The van der Waals surface area contributed by atoms with Gasteiger partial charge >= 0.3 is 0 Å². The normalized spacial score (nSPS) is 10.8. The molecule has 1 aromatic heterocycles. The number of nitrogens with one attached hydrogen (secondary N) is 1. The SMILES string of the molecule is Cc1ccc(-c2n[nH]c(Cc3ccc(Cl)cc3)n2)cc1N. The predicted octanol–water partition coefficient (Wildman–Crippen LogP) is 3.61. The Morgan fingerprint density at radius 1 is 1.14 bits per heavy atom. The predicted molar refractivity (Wildman–Crippen MR) is 85.2 cm³/mol. The van der Waals surface area contributed by atoms with Crippen molar-refractivity contribution in [1.82, 2.24) is 15.2 Å². The zero-order valence-corrected chi connectivity index (χ0v) is 12.4. The highest BCUT2D eigenvalue weighted by Crippen LogP contribution is 2.21. The van der Waals surface area contributed by atoms with E-state index in [0.29, 0.717) is 12.2 Å². The first kappa shape index (κ1) is 13.6. The van der Waals surface area contributed by atoms with Crippen LogP contribution in [0.15, 0.2) is 42.5 Å². The van der Waals surface area contributed by atoms with Gasteiger partial charge in [-0.1, -0.05) is 35.9 Å². The maximum Gasteiger partial charge on any atom is 0.181 e. The van der Waals surface area contributed by atoms with Crippen molar-refractivity contribution in [2.75, 3.05) is 5.73 Å². The highest BCUT2D eigenvalue weighted by atomic mass is 35.5. The number of aromatic nitrogens is 3. The molecule has 21 heavy (non-hydrogen) atoms. The van der Waals surface area contributed by atoms with Gasteiger partial charge in [-0.25, -0.2) is 4.98 Å². The highest BCUT2D eigenvalue weighted by molar-refractivity contribution is 6.30. The standard InChI is InChI=1S/C16H15ClN4/c1-10-2-5-12(9-14(10)18)16-19-15(20-21-16)8-11-3-6-13(17)7-4-11/h2-7,9H,8,18H2,1H3,(H,19,20,21). The minimum absolute atomic E-state index is 0.658. The third-order valence-electron chi connectivity index (χ3n) is 3.35. The summed E-state index contributed by atoms with van der Waals surface area (Å²) in [6.45, 7) is 1.98. The fourth-order valence-corrected chi connectivity index (χ4v) is 2.20. The first-order chi connectivity index (χ1) is 10.1. The van der Waals surface area contributed by atoms with E-state index in [1.54, 1.807) is 0 Å². The lowest BCUT2D eigenvalue weighted by atomic mass is 10.1. The molecule has 106 valence electrons. The Kier molecular flexibility index (Phi) is 3.62. The number of rotatable bonds is 3. The van der Waals surface area contributed by atoms with Gasteiger partial charge in [0.15, 0.2) is 5.82 Å². The molecule has 0 amide bonds. The molecule has 0 aliphatic rings. The minimum atomic E-state index is 0.658. The summed E-state index contributed by atoms with van der Waals surface area (Å²) in [4.78, 5) is 4.51. The molecule has 0 unspecified atom stereocenters. The van der Waals surface area contributed by atoms with E-state index in [1.807, 2.05) is 49.4 Å². The van der Waals surface area contributed by atoms with Crippen LogP contribution in [0.4, 0.5) is 5.69 Å². The first-order valence-corrected chi connectivity index (χ1v) is 7.02. The molecule has 5 heteroatoms. The van der Waals surface area contributed by atoms with Crippen LogP contribution in [0.3, 0.4) is 0 Å². The molecule has 3 N–H and O–H groups in total. The van der Waals surface area contributed by atoms with Crippen molar-refractivity contribution >= 4 is 17.3 Å². The zero-order valence-electron chi connectivity index (χ0n) is 11.6. The molecule has 0 saturated carbocycles. The van der Waals surface area contributed by atoms with Crippen LogP contribution in [-0.2, 0) is 6.42 Å². The molecule has 0 aliphatic heterocycles. The van der Waals surface area contributed by atoms with Crippen molar-refractivity contribution in [2.24, 2.45) is 0 Å². The van der Waals surface area contributed by atoms with E-state index in [4.69, 9.17) is 17.3 Å². The van der Waals surface area contributed by atoms with E-state index in [-0.39, 0.29) is 0 Å². The van der Waals surface area contributed by atoms with Crippen LogP contribution in [0.5, 0.6) is 0 Å². The Labute approximate surface area is 128 Å². The quantitative estimate of drug-likeness (QED) is 0.726. The average molecular weight is 299 g/mol. The third kappa shape index (κ3) is 3.06.